The van der Waals surface area contributed by atoms with Gasteiger partial charge in [-0.15, -0.1) is 0 Å². The predicted molar refractivity (Wildman–Crippen MR) is 162 cm³/mol. The SMILES string of the molecule is CO[C@H]1CN(c2nc(-c3c(C)ccc4n[nH]c(C)c34)nc3c2CN(c2c(Cl)c(C4CC4)nn2C)CC3)C[C@@H]1N(C)C. The maximum atomic E-state index is 6.97. The molecule has 4 aromatic rings. The molecule has 2 aliphatic heterocycles. The fourth-order valence-electron chi connectivity index (χ4n) is 6.74. The van der Waals surface area contributed by atoms with Gasteiger partial charge >= 0.3 is 0 Å². The van der Waals surface area contributed by atoms with Crippen molar-refractivity contribution in [3.05, 3.63) is 45.4 Å². The van der Waals surface area contributed by atoms with Gasteiger partial charge in [0, 0.05) is 74.9 Å². The van der Waals surface area contributed by atoms with Crippen molar-refractivity contribution in [2.24, 2.45) is 7.05 Å². The molecule has 0 spiro atoms. The molecule has 1 saturated heterocycles. The number of nitrogens with zero attached hydrogens (tertiary/aromatic N) is 8. The van der Waals surface area contributed by atoms with Gasteiger partial charge in [0.2, 0.25) is 0 Å². The maximum Gasteiger partial charge on any atom is 0.162 e. The van der Waals surface area contributed by atoms with Crippen LogP contribution in [0.2, 0.25) is 5.02 Å². The van der Waals surface area contributed by atoms with Crippen molar-refractivity contribution in [2.45, 2.75) is 57.7 Å². The van der Waals surface area contributed by atoms with E-state index in [1.165, 1.54) is 12.8 Å². The zero-order chi connectivity index (χ0) is 28.6. The third kappa shape index (κ3) is 4.38. The fraction of sp³-hybridized carbons (Fsp3) is 0.533. The smallest absolute Gasteiger partial charge is 0.162 e. The van der Waals surface area contributed by atoms with Gasteiger partial charge in [-0.2, -0.15) is 10.2 Å². The van der Waals surface area contributed by atoms with Crippen LogP contribution < -0.4 is 9.80 Å². The maximum absolute atomic E-state index is 6.97. The summed E-state index contributed by atoms with van der Waals surface area (Å²) < 4.78 is 7.91. The number of rotatable bonds is 6. The molecule has 3 aliphatic rings. The number of hydrogen-bond acceptors (Lipinski definition) is 8. The molecule has 1 aliphatic carbocycles. The number of aryl methyl sites for hydroxylation is 3. The summed E-state index contributed by atoms with van der Waals surface area (Å²) in [6, 6.07) is 4.44. The van der Waals surface area contributed by atoms with E-state index in [2.05, 4.69) is 65.0 Å². The molecule has 10 nitrogen and oxygen atoms in total. The number of aromatic amines is 1. The van der Waals surface area contributed by atoms with E-state index >= 15 is 0 Å². The minimum absolute atomic E-state index is 0.0904. The number of fused-ring (bicyclic) bond motifs is 2. The number of aromatic nitrogens is 6. The van der Waals surface area contributed by atoms with Crippen LogP contribution in [0.3, 0.4) is 0 Å². The van der Waals surface area contributed by atoms with Crippen LogP contribution in [-0.2, 0) is 24.8 Å². The number of H-pyrrole nitrogens is 1. The average Bonchev–Trinajstić information content (AvgIpc) is 3.48. The molecule has 7 rings (SSSR count). The third-order valence-corrected chi connectivity index (χ3v) is 9.49. The molecule has 0 unspecified atom stereocenters. The number of anilines is 2. The van der Waals surface area contributed by atoms with E-state index in [1.54, 1.807) is 7.11 Å². The standard InChI is InChI=1S/C30H38ClN9O/c1-16-7-10-21-25(17(2)34-35-21)24(16)28-32-20-11-12-39(30-26(31)27(18-8-9-18)36-38(30)5)13-19(20)29(33-28)40-14-22(37(3)4)23(15-40)41-6/h7,10,18,22-23H,8-9,11-15H2,1-6H3,(H,34,35)/t22-,23-/m0/s1. The average molecular weight is 576 g/mol. The number of likely N-dealkylation sites (N-methyl/N-ethyl adjacent to an activating group) is 1. The lowest BCUT2D eigenvalue weighted by molar-refractivity contribution is 0.0639. The van der Waals surface area contributed by atoms with E-state index in [0.29, 0.717) is 12.5 Å². The Balaban J connectivity index is 1.36. The van der Waals surface area contributed by atoms with E-state index in [0.717, 1.165) is 93.2 Å². The van der Waals surface area contributed by atoms with Gasteiger partial charge in [0.15, 0.2) is 5.82 Å². The van der Waals surface area contributed by atoms with Crippen LogP contribution in [0.4, 0.5) is 11.6 Å². The number of halogens is 1. The Kier molecular flexibility index (Phi) is 6.48. The lowest BCUT2D eigenvalue weighted by Crippen LogP contribution is -2.39. The number of ether oxygens (including phenoxy) is 1. The highest BCUT2D eigenvalue weighted by molar-refractivity contribution is 6.33. The summed E-state index contributed by atoms with van der Waals surface area (Å²) in [6.45, 7) is 7.31. The second kappa shape index (κ2) is 9.96. The first-order valence-electron chi connectivity index (χ1n) is 14.5. The Morgan fingerprint density at radius 3 is 2.61 bits per heavy atom. The second-order valence-electron chi connectivity index (χ2n) is 12.1. The normalized spacial score (nSPS) is 21.0. The quantitative estimate of drug-likeness (QED) is 0.365. The lowest BCUT2D eigenvalue weighted by Gasteiger charge is -2.33. The van der Waals surface area contributed by atoms with Crippen LogP contribution in [-0.4, -0.2) is 87.8 Å². The molecule has 1 N–H and O–H groups in total. The minimum atomic E-state index is 0.0904. The second-order valence-corrected chi connectivity index (χ2v) is 12.5. The van der Waals surface area contributed by atoms with Crippen molar-refractivity contribution in [3.8, 4) is 11.4 Å². The summed E-state index contributed by atoms with van der Waals surface area (Å²) >= 11 is 6.97. The van der Waals surface area contributed by atoms with Crippen molar-refractivity contribution in [1.29, 1.82) is 0 Å². The highest BCUT2D eigenvalue weighted by atomic mass is 35.5. The van der Waals surface area contributed by atoms with Gasteiger partial charge in [0.05, 0.1) is 29.1 Å². The van der Waals surface area contributed by atoms with E-state index in [1.807, 2.05) is 11.7 Å². The molecule has 2 fully saturated rings. The monoisotopic (exact) mass is 575 g/mol. The molecule has 11 heteroatoms. The van der Waals surface area contributed by atoms with Crippen LogP contribution in [0.5, 0.6) is 0 Å². The van der Waals surface area contributed by atoms with Crippen molar-refractivity contribution in [2.75, 3.05) is 50.6 Å². The lowest BCUT2D eigenvalue weighted by atomic mass is 10.00. The van der Waals surface area contributed by atoms with E-state index in [4.69, 9.17) is 31.4 Å². The molecule has 0 amide bonds. The van der Waals surface area contributed by atoms with Gasteiger partial charge < -0.3 is 19.4 Å². The molecule has 5 heterocycles. The first-order valence-corrected chi connectivity index (χ1v) is 14.9. The Morgan fingerprint density at radius 2 is 1.90 bits per heavy atom. The summed E-state index contributed by atoms with van der Waals surface area (Å²) in [4.78, 5) is 17.6. The molecule has 0 bridgehead atoms. The van der Waals surface area contributed by atoms with Gasteiger partial charge in [-0.1, -0.05) is 17.7 Å². The number of benzene rings is 1. The van der Waals surface area contributed by atoms with Gasteiger partial charge in [-0.3, -0.25) is 9.78 Å². The molecular weight excluding hydrogens is 538 g/mol. The summed E-state index contributed by atoms with van der Waals surface area (Å²) in [7, 11) is 8.05. The Hall–Kier alpha value is -3.21. The Morgan fingerprint density at radius 1 is 1.10 bits per heavy atom. The van der Waals surface area contributed by atoms with Crippen LogP contribution in [0.25, 0.3) is 22.3 Å². The first kappa shape index (κ1) is 26.7. The zero-order valence-electron chi connectivity index (χ0n) is 24.7. The van der Waals surface area contributed by atoms with Gasteiger partial charge in [0.1, 0.15) is 16.7 Å². The third-order valence-electron chi connectivity index (χ3n) is 9.12. The van der Waals surface area contributed by atoms with Crippen LogP contribution in [0.15, 0.2) is 12.1 Å². The van der Waals surface area contributed by atoms with Crippen LogP contribution in [0, 0.1) is 13.8 Å². The summed E-state index contributed by atoms with van der Waals surface area (Å²) in [5.41, 5.74) is 7.45. The van der Waals surface area contributed by atoms with Crippen LogP contribution >= 0.6 is 11.6 Å². The van der Waals surface area contributed by atoms with E-state index in [-0.39, 0.29) is 12.1 Å². The molecule has 2 atom stereocenters. The Bertz CT molecular complexity index is 1640. The Labute approximate surface area is 245 Å². The highest BCUT2D eigenvalue weighted by Gasteiger charge is 2.39. The molecule has 0 radical (unpaired) electrons. The minimum Gasteiger partial charge on any atom is -0.378 e. The number of methoxy groups -OCH3 is 1. The van der Waals surface area contributed by atoms with Crippen molar-refractivity contribution in [3.63, 3.8) is 0 Å². The number of hydrogen-bond donors (Lipinski definition) is 1. The summed E-state index contributed by atoms with van der Waals surface area (Å²) in [5.74, 6) is 3.24. The zero-order valence-corrected chi connectivity index (χ0v) is 25.5. The van der Waals surface area contributed by atoms with Gasteiger partial charge in [-0.05, 0) is 52.4 Å². The molecule has 1 aromatic carbocycles. The molecule has 3 aromatic heterocycles. The largest absolute Gasteiger partial charge is 0.378 e. The summed E-state index contributed by atoms with van der Waals surface area (Å²) in [5, 5.41) is 14.4. The van der Waals surface area contributed by atoms with Crippen molar-refractivity contribution >= 4 is 34.1 Å². The molecule has 216 valence electrons. The van der Waals surface area contributed by atoms with E-state index < -0.39 is 0 Å². The summed E-state index contributed by atoms with van der Waals surface area (Å²) in [6.07, 6.45) is 3.23. The van der Waals surface area contributed by atoms with Crippen molar-refractivity contribution in [1.82, 2.24) is 34.8 Å². The first-order chi connectivity index (χ1) is 19.7. The highest BCUT2D eigenvalue weighted by Crippen LogP contribution is 2.46. The molecule has 41 heavy (non-hydrogen) atoms. The molecule has 1 saturated carbocycles. The predicted octanol–water partition coefficient (Wildman–Crippen LogP) is 4.23. The van der Waals surface area contributed by atoms with Crippen molar-refractivity contribution < 1.29 is 4.74 Å². The molecular formula is C30H38ClN9O. The van der Waals surface area contributed by atoms with Crippen LogP contribution in [0.1, 0.15) is 47.0 Å². The topological polar surface area (TPSA) is 91.2 Å². The fourth-order valence-corrected chi connectivity index (χ4v) is 7.17. The van der Waals surface area contributed by atoms with E-state index in [9.17, 15) is 0 Å². The number of nitrogens with one attached hydrogen (secondary N) is 1. The van der Waals surface area contributed by atoms with Gasteiger partial charge in [0.25, 0.3) is 0 Å². The van der Waals surface area contributed by atoms with Gasteiger partial charge in [-0.25, -0.2) is 9.97 Å².